The van der Waals surface area contributed by atoms with Gasteiger partial charge in [-0.2, -0.15) is 0 Å². The first-order chi connectivity index (χ1) is 12.0. The zero-order valence-electron chi connectivity index (χ0n) is 14.0. The van der Waals surface area contributed by atoms with E-state index in [0.29, 0.717) is 0 Å². The lowest BCUT2D eigenvalue weighted by molar-refractivity contribution is -0.144. The zero-order valence-corrected chi connectivity index (χ0v) is 14.0. The predicted octanol–water partition coefficient (Wildman–Crippen LogP) is 0.633. The number of rotatable bonds is 10. The Morgan fingerprint density at radius 1 is 0.800 bits per heavy atom. The maximum Gasteiger partial charge on any atom is 0.306 e. The average Bonchev–Trinajstić information content (AvgIpc) is 2.98. The monoisotopic (exact) mass is 356 g/mol. The van der Waals surface area contributed by atoms with Gasteiger partial charge in [0.2, 0.25) is 23.5 Å². The lowest BCUT2D eigenvalue weighted by atomic mass is 10.3. The highest BCUT2D eigenvalue weighted by molar-refractivity contribution is 5.98. The van der Waals surface area contributed by atoms with E-state index in [9.17, 15) is 19.2 Å². The van der Waals surface area contributed by atoms with E-state index in [0.717, 1.165) is 0 Å². The van der Waals surface area contributed by atoms with Crippen LogP contribution in [0.5, 0.6) is 0 Å². The maximum atomic E-state index is 11.7. The zero-order chi connectivity index (χ0) is 18.7. The quantitative estimate of drug-likeness (QED) is 0.575. The molecular formula is C14H20N4O7. The van der Waals surface area contributed by atoms with Crippen molar-refractivity contribution in [2.24, 2.45) is 0 Å². The lowest BCUT2D eigenvalue weighted by Crippen LogP contribution is -2.18. The molecule has 0 saturated carbocycles. The minimum absolute atomic E-state index is 0.0911. The number of nitrogens with zero attached hydrogens (tertiary/aromatic N) is 2. The molecule has 1 aromatic rings. The van der Waals surface area contributed by atoms with E-state index in [4.69, 9.17) is 9.47 Å². The second-order valence-corrected chi connectivity index (χ2v) is 4.67. The molecule has 1 rings (SSSR count). The van der Waals surface area contributed by atoms with E-state index in [1.807, 2.05) is 0 Å². The first kappa shape index (κ1) is 20.1. The van der Waals surface area contributed by atoms with Gasteiger partial charge in [-0.3, -0.25) is 19.2 Å². The van der Waals surface area contributed by atoms with E-state index < -0.39 is 23.8 Å². The number of anilines is 2. The Hall–Kier alpha value is -2.98. The maximum absolute atomic E-state index is 11.7. The van der Waals surface area contributed by atoms with Crippen LogP contribution in [0.2, 0.25) is 0 Å². The van der Waals surface area contributed by atoms with Crippen molar-refractivity contribution in [3.63, 3.8) is 0 Å². The molecule has 1 aromatic heterocycles. The molecule has 11 nitrogen and oxygen atoms in total. The summed E-state index contributed by atoms with van der Waals surface area (Å²) in [6, 6.07) is 0. The molecule has 0 fully saturated rings. The fourth-order valence-electron chi connectivity index (χ4n) is 1.64. The Labute approximate surface area is 143 Å². The summed E-state index contributed by atoms with van der Waals surface area (Å²) in [5.74, 6) is -2.24. The van der Waals surface area contributed by atoms with Gasteiger partial charge in [0.25, 0.3) is 0 Å². The van der Waals surface area contributed by atoms with Crippen LogP contribution in [0.4, 0.5) is 11.6 Å². The van der Waals surface area contributed by atoms with Gasteiger partial charge in [-0.1, -0.05) is 0 Å². The van der Waals surface area contributed by atoms with Crippen molar-refractivity contribution in [3.8, 4) is 0 Å². The molecular weight excluding hydrogens is 336 g/mol. The van der Waals surface area contributed by atoms with Crippen LogP contribution in [-0.4, -0.2) is 47.3 Å². The Morgan fingerprint density at radius 2 is 1.20 bits per heavy atom. The molecule has 2 N–H and O–H groups in total. The first-order valence-electron chi connectivity index (χ1n) is 7.69. The highest BCUT2D eigenvalue weighted by Crippen LogP contribution is 2.16. The summed E-state index contributed by atoms with van der Waals surface area (Å²) in [5.41, 5.74) is 0. The van der Waals surface area contributed by atoms with Crippen molar-refractivity contribution in [3.05, 3.63) is 0 Å². The SMILES string of the molecule is CCOC(=O)CCC(=O)Nc1nonc1NC(=O)CCC(=O)OCC. The van der Waals surface area contributed by atoms with Gasteiger partial charge in [0.05, 0.1) is 26.1 Å². The summed E-state index contributed by atoms with van der Waals surface area (Å²) in [6.07, 6.45) is -0.428. The van der Waals surface area contributed by atoms with Gasteiger partial charge in [-0.05, 0) is 24.2 Å². The Morgan fingerprint density at radius 3 is 1.56 bits per heavy atom. The predicted molar refractivity (Wildman–Crippen MR) is 83.3 cm³/mol. The van der Waals surface area contributed by atoms with Crippen LogP contribution in [-0.2, 0) is 28.7 Å². The number of amides is 2. The normalized spacial score (nSPS) is 10.0. The van der Waals surface area contributed by atoms with Gasteiger partial charge in [0.15, 0.2) is 0 Å². The fraction of sp³-hybridized carbons (Fsp3) is 0.571. The molecule has 0 spiro atoms. The molecule has 11 heteroatoms. The minimum Gasteiger partial charge on any atom is -0.466 e. The van der Waals surface area contributed by atoms with Gasteiger partial charge >= 0.3 is 11.9 Å². The van der Waals surface area contributed by atoms with Gasteiger partial charge in [-0.15, -0.1) is 0 Å². The minimum atomic E-state index is -0.522. The standard InChI is InChI=1S/C14H20N4O7/c1-3-23-11(21)7-5-9(19)15-13-14(18-25-17-13)16-10(20)6-8-12(22)24-4-2/h3-8H2,1-2H3,(H,15,17,19)(H,16,18,20). The van der Waals surface area contributed by atoms with Crippen molar-refractivity contribution >= 4 is 35.4 Å². The van der Waals surface area contributed by atoms with E-state index in [1.165, 1.54) is 0 Å². The molecule has 2 amide bonds. The summed E-state index contributed by atoms with van der Waals surface area (Å²) < 4.78 is 13.9. The Balaban J connectivity index is 2.45. The summed E-state index contributed by atoms with van der Waals surface area (Å²) in [7, 11) is 0. The Kier molecular flexibility index (Phi) is 8.61. The van der Waals surface area contributed by atoms with Crippen molar-refractivity contribution < 1.29 is 33.3 Å². The van der Waals surface area contributed by atoms with Crippen molar-refractivity contribution in [1.82, 2.24) is 10.3 Å². The van der Waals surface area contributed by atoms with Gasteiger partial charge in [-0.25, -0.2) is 4.63 Å². The summed E-state index contributed by atoms with van der Waals surface area (Å²) >= 11 is 0. The van der Waals surface area contributed by atoms with Gasteiger partial charge in [0, 0.05) is 12.8 Å². The van der Waals surface area contributed by atoms with Crippen LogP contribution in [0.25, 0.3) is 0 Å². The molecule has 0 atom stereocenters. The van der Waals surface area contributed by atoms with E-state index >= 15 is 0 Å². The molecule has 0 aliphatic carbocycles. The fourth-order valence-corrected chi connectivity index (χ4v) is 1.64. The van der Waals surface area contributed by atoms with Crippen LogP contribution >= 0.6 is 0 Å². The van der Waals surface area contributed by atoms with Gasteiger partial charge < -0.3 is 20.1 Å². The molecule has 0 aliphatic heterocycles. The van der Waals surface area contributed by atoms with Crippen LogP contribution in [0.3, 0.4) is 0 Å². The molecule has 25 heavy (non-hydrogen) atoms. The summed E-state index contributed by atoms with van der Waals surface area (Å²) in [6.45, 7) is 3.79. The van der Waals surface area contributed by atoms with Crippen LogP contribution in [0.15, 0.2) is 4.63 Å². The second-order valence-electron chi connectivity index (χ2n) is 4.67. The molecule has 0 bridgehead atoms. The molecule has 0 aliphatic rings. The van der Waals surface area contributed by atoms with Crippen LogP contribution in [0.1, 0.15) is 39.5 Å². The number of ether oxygens (including phenoxy) is 2. The highest BCUT2D eigenvalue weighted by Gasteiger charge is 2.17. The number of hydrogen-bond acceptors (Lipinski definition) is 9. The number of carbonyl (C=O) groups is 4. The number of nitrogens with one attached hydrogen (secondary N) is 2. The third-order valence-corrected chi connectivity index (χ3v) is 2.73. The highest BCUT2D eigenvalue weighted by atomic mass is 16.6. The largest absolute Gasteiger partial charge is 0.466 e. The molecule has 0 saturated heterocycles. The summed E-state index contributed by atoms with van der Waals surface area (Å²) in [4.78, 5) is 45.9. The molecule has 0 unspecified atom stereocenters. The molecule has 138 valence electrons. The number of carbonyl (C=O) groups excluding carboxylic acids is 4. The topological polar surface area (TPSA) is 150 Å². The number of hydrogen-bond donors (Lipinski definition) is 2. The van der Waals surface area contributed by atoms with Crippen LogP contribution in [0, 0.1) is 0 Å². The van der Waals surface area contributed by atoms with E-state index in [-0.39, 0.29) is 50.5 Å². The van der Waals surface area contributed by atoms with E-state index in [1.54, 1.807) is 13.8 Å². The van der Waals surface area contributed by atoms with Crippen molar-refractivity contribution in [1.29, 1.82) is 0 Å². The lowest BCUT2D eigenvalue weighted by Gasteiger charge is -2.05. The molecule has 0 aromatic carbocycles. The third-order valence-electron chi connectivity index (χ3n) is 2.73. The van der Waals surface area contributed by atoms with Crippen molar-refractivity contribution in [2.75, 3.05) is 23.8 Å². The number of aromatic nitrogens is 2. The summed E-state index contributed by atoms with van der Waals surface area (Å²) in [5, 5.41) is 11.6. The second kappa shape index (κ2) is 10.7. The smallest absolute Gasteiger partial charge is 0.306 e. The van der Waals surface area contributed by atoms with Crippen molar-refractivity contribution in [2.45, 2.75) is 39.5 Å². The Bertz CT molecular complexity index is 564. The average molecular weight is 356 g/mol. The molecule has 0 radical (unpaired) electrons. The molecule has 1 heterocycles. The number of esters is 2. The van der Waals surface area contributed by atoms with E-state index in [2.05, 4.69) is 25.6 Å². The first-order valence-corrected chi connectivity index (χ1v) is 7.69. The van der Waals surface area contributed by atoms with Crippen LogP contribution < -0.4 is 10.6 Å². The van der Waals surface area contributed by atoms with Gasteiger partial charge in [0.1, 0.15) is 0 Å². The third kappa shape index (κ3) is 7.90.